The highest BCUT2D eigenvalue weighted by atomic mass is 19.1. The van der Waals surface area contributed by atoms with Gasteiger partial charge in [0.05, 0.1) is 6.61 Å². The summed E-state index contributed by atoms with van der Waals surface area (Å²) in [6.07, 6.45) is 8.13. The SMILES string of the molecule is C=C(C)C(=O)OCCCCCCCCC[CH]F. The number of esters is 1. The molecular formula is C14H24FO2. The summed E-state index contributed by atoms with van der Waals surface area (Å²) in [4.78, 5) is 11.0. The molecule has 0 bridgehead atoms. The van der Waals surface area contributed by atoms with E-state index in [1.165, 1.54) is 12.8 Å². The van der Waals surface area contributed by atoms with Gasteiger partial charge in [-0.05, 0) is 19.8 Å². The van der Waals surface area contributed by atoms with E-state index in [4.69, 9.17) is 4.74 Å². The number of carbonyl (C=O) groups is 1. The minimum Gasteiger partial charge on any atom is -0.462 e. The van der Waals surface area contributed by atoms with Gasteiger partial charge in [0.25, 0.3) is 0 Å². The quantitative estimate of drug-likeness (QED) is 0.306. The van der Waals surface area contributed by atoms with Crippen LogP contribution in [0.3, 0.4) is 0 Å². The van der Waals surface area contributed by atoms with Crippen molar-refractivity contribution >= 4 is 5.97 Å². The van der Waals surface area contributed by atoms with Crippen molar-refractivity contribution in [3.05, 3.63) is 18.8 Å². The van der Waals surface area contributed by atoms with Gasteiger partial charge in [0.15, 0.2) is 0 Å². The Labute approximate surface area is 104 Å². The van der Waals surface area contributed by atoms with Crippen LogP contribution in [-0.2, 0) is 9.53 Å². The third-order valence-electron chi connectivity index (χ3n) is 2.54. The number of ether oxygens (including phenoxy) is 1. The molecule has 2 nitrogen and oxygen atoms in total. The second-order valence-corrected chi connectivity index (χ2v) is 4.33. The standard InChI is InChI=1S/C14H24FO2/c1-13(2)14(16)17-12-10-8-6-4-3-5-7-9-11-15/h11H,1,3-10,12H2,2H3. The largest absolute Gasteiger partial charge is 0.462 e. The predicted molar refractivity (Wildman–Crippen MR) is 68.1 cm³/mol. The van der Waals surface area contributed by atoms with Gasteiger partial charge in [0.1, 0.15) is 6.67 Å². The van der Waals surface area contributed by atoms with Crippen LogP contribution in [0.1, 0.15) is 58.3 Å². The molecule has 1 radical (unpaired) electrons. The van der Waals surface area contributed by atoms with E-state index in [2.05, 4.69) is 6.58 Å². The van der Waals surface area contributed by atoms with Crippen molar-refractivity contribution in [2.45, 2.75) is 58.3 Å². The summed E-state index contributed by atoms with van der Waals surface area (Å²) in [6.45, 7) is 6.39. The van der Waals surface area contributed by atoms with Crippen LogP contribution in [0.5, 0.6) is 0 Å². The molecule has 0 rings (SSSR count). The Morgan fingerprint density at radius 3 is 2.18 bits per heavy atom. The highest BCUT2D eigenvalue weighted by Gasteiger charge is 2.01. The number of carbonyl (C=O) groups excluding carboxylic acids is 1. The van der Waals surface area contributed by atoms with Crippen LogP contribution in [0.2, 0.25) is 0 Å². The van der Waals surface area contributed by atoms with Crippen LogP contribution >= 0.6 is 0 Å². The van der Waals surface area contributed by atoms with E-state index in [9.17, 15) is 9.18 Å². The van der Waals surface area contributed by atoms with Gasteiger partial charge in [-0.1, -0.05) is 45.1 Å². The highest BCUT2D eigenvalue weighted by Crippen LogP contribution is 2.09. The zero-order valence-electron chi connectivity index (χ0n) is 10.8. The van der Waals surface area contributed by atoms with Gasteiger partial charge in [-0.15, -0.1) is 0 Å². The molecule has 0 aromatic heterocycles. The van der Waals surface area contributed by atoms with E-state index < -0.39 is 0 Å². The lowest BCUT2D eigenvalue weighted by Gasteiger charge is -2.04. The van der Waals surface area contributed by atoms with Crippen LogP contribution in [0.25, 0.3) is 0 Å². The Morgan fingerprint density at radius 2 is 1.65 bits per heavy atom. The molecule has 0 fully saturated rings. The van der Waals surface area contributed by atoms with Crippen molar-refractivity contribution in [3.63, 3.8) is 0 Å². The summed E-state index contributed by atoms with van der Waals surface area (Å²) in [6, 6.07) is 0. The van der Waals surface area contributed by atoms with Gasteiger partial charge in [-0.3, -0.25) is 0 Å². The highest BCUT2D eigenvalue weighted by molar-refractivity contribution is 5.86. The van der Waals surface area contributed by atoms with Gasteiger partial charge >= 0.3 is 5.97 Å². The monoisotopic (exact) mass is 243 g/mol. The maximum absolute atomic E-state index is 11.7. The number of rotatable bonds is 11. The van der Waals surface area contributed by atoms with Crippen LogP contribution in [0.15, 0.2) is 12.2 Å². The molecule has 0 saturated carbocycles. The maximum atomic E-state index is 11.7. The number of halogens is 1. The van der Waals surface area contributed by atoms with Crippen LogP contribution in [0.4, 0.5) is 4.39 Å². The van der Waals surface area contributed by atoms with Crippen molar-refractivity contribution in [1.82, 2.24) is 0 Å². The lowest BCUT2D eigenvalue weighted by Crippen LogP contribution is -2.05. The lowest BCUT2D eigenvalue weighted by atomic mass is 10.1. The third kappa shape index (κ3) is 11.4. The molecule has 0 amide bonds. The minimum atomic E-state index is -0.299. The second kappa shape index (κ2) is 11.6. The van der Waals surface area contributed by atoms with Crippen LogP contribution < -0.4 is 0 Å². The molecule has 0 N–H and O–H groups in total. The molecule has 0 unspecified atom stereocenters. The second-order valence-electron chi connectivity index (χ2n) is 4.33. The van der Waals surface area contributed by atoms with E-state index in [1.54, 1.807) is 6.92 Å². The Kier molecular flexibility index (Phi) is 11.0. The van der Waals surface area contributed by atoms with E-state index >= 15 is 0 Å². The van der Waals surface area contributed by atoms with Gasteiger partial charge < -0.3 is 4.74 Å². The normalized spacial score (nSPS) is 10.2. The smallest absolute Gasteiger partial charge is 0.333 e. The van der Waals surface area contributed by atoms with Gasteiger partial charge in [-0.25, -0.2) is 9.18 Å². The molecule has 17 heavy (non-hydrogen) atoms. The Bertz CT molecular complexity index is 214. The third-order valence-corrected chi connectivity index (χ3v) is 2.54. The van der Waals surface area contributed by atoms with Crippen LogP contribution in [0, 0.1) is 6.67 Å². The molecule has 0 aromatic carbocycles. The first-order chi connectivity index (χ1) is 8.18. The van der Waals surface area contributed by atoms with Gasteiger partial charge in [0, 0.05) is 5.57 Å². The molecule has 0 aromatic rings. The van der Waals surface area contributed by atoms with Crippen molar-refractivity contribution in [1.29, 1.82) is 0 Å². The lowest BCUT2D eigenvalue weighted by molar-refractivity contribution is -0.139. The van der Waals surface area contributed by atoms with Crippen molar-refractivity contribution in [3.8, 4) is 0 Å². The maximum Gasteiger partial charge on any atom is 0.333 e. The van der Waals surface area contributed by atoms with E-state index in [-0.39, 0.29) is 5.97 Å². The number of unbranched alkanes of at least 4 members (excludes halogenated alkanes) is 7. The average molecular weight is 243 g/mol. The zero-order valence-corrected chi connectivity index (χ0v) is 10.8. The molecule has 0 aliphatic carbocycles. The fourth-order valence-electron chi connectivity index (χ4n) is 1.50. The Hall–Kier alpha value is -0.860. The fraction of sp³-hybridized carbons (Fsp3) is 0.714. The van der Waals surface area contributed by atoms with E-state index in [0.717, 1.165) is 38.8 Å². The van der Waals surface area contributed by atoms with E-state index in [1.807, 2.05) is 0 Å². The molecule has 0 heterocycles. The summed E-state index contributed by atoms with van der Waals surface area (Å²) >= 11 is 0. The van der Waals surface area contributed by atoms with Crippen molar-refractivity contribution in [2.24, 2.45) is 0 Å². The summed E-state index contributed by atoms with van der Waals surface area (Å²) in [7, 11) is 0. The topological polar surface area (TPSA) is 26.3 Å². The van der Waals surface area contributed by atoms with Gasteiger partial charge in [0.2, 0.25) is 0 Å². The summed E-state index contributed by atoms with van der Waals surface area (Å²) in [5.41, 5.74) is 0.453. The molecular weight excluding hydrogens is 219 g/mol. The van der Waals surface area contributed by atoms with Crippen molar-refractivity contribution in [2.75, 3.05) is 6.61 Å². The Balaban J connectivity index is 3.08. The molecule has 99 valence electrons. The fourth-order valence-corrected chi connectivity index (χ4v) is 1.50. The molecule has 0 aliphatic rings. The number of hydrogen-bond donors (Lipinski definition) is 0. The van der Waals surface area contributed by atoms with Gasteiger partial charge in [-0.2, -0.15) is 0 Å². The average Bonchev–Trinajstić information content (AvgIpc) is 2.31. The summed E-state index contributed by atoms with van der Waals surface area (Å²) in [5, 5.41) is 0. The summed E-state index contributed by atoms with van der Waals surface area (Å²) in [5.74, 6) is -0.299. The first-order valence-corrected chi connectivity index (χ1v) is 6.43. The number of hydrogen-bond acceptors (Lipinski definition) is 2. The van der Waals surface area contributed by atoms with Crippen molar-refractivity contribution < 1.29 is 13.9 Å². The molecule has 0 aliphatic heterocycles. The summed E-state index contributed by atoms with van der Waals surface area (Å²) < 4.78 is 16.6. The van der Waals surface area contributed by atoms with E-state index in [0.29, 0.717) is 18.6 Å². The molecule has 0 atom stereocenters. The first kappa shape index (κ1) is 16.1. The predicted octanol–water partition coefficient (Wildman–Crippen LogP) is 4.36. The Morgan fingerprint density at radius 1 is 1.12 bits per heavy atom. The zero-order chi connectivity index (χ0) is 12.9. The first-order valence-electron chi connectivity index (χ1n) is 6.43. The minimum absolute atomic E-state index is 0.299. The molecule has 3 heteroatoms. The van der Waals surface area contributed by atoms with Crippen LogP contribution in [-0.4, -0.2) is 12.6 Å². The molecule has 0 saturated heterocycles. The molecule has 0 spiro atoms.